The molecule has 1 aromatic rings. The zero-order valence-corrected chi connectivity index (χ0v) is 15.6. The highest BCUT2D eigenvalue weighted by atomic mass is 16.5. The van der Waals surface area contributed by atoms with Crippen LogP contribution >= 0.6 is 0 Å². The summed E-state index contributed by atoms with van der Waals surface area (Å²) >= 11 is 0. The maximum absolute atomic E-state index is 5.47. The van der Waals surface area contributed by atoms with E-state index in [1.54, 1.807) is 14.2 Å². The topological polar surface area (TPSA) is 46.1 Å². The van der Waals surface area contributed by atoms with Gasteiger partial charge in [-0.2, -0.15) is 0 Å². The summed E-state index contributed by atoms with van der Waals surface area (Å²) in [6, 6.07) is 4.23. The first-order valence-electron chi connectivity index (χ1n) is 9.38. The Bertz CT molecular complexity index is 678. The van der Waals surface area contributed by atoms with Gasteiger partial charge in [0.25, 0.3) is 0 Å². The van der Waals surface area contributed by atoms with E-state index in [1.165, 1.54) is 36.8 Å². The summed E-state index contributed by atoms with van der Waals surface area (Å²) in [5, 5.41) is 3.67. The van der Waals surface area contributed by atoms with Gasteiger partial charge in [-0.3, -0.25) is 4.99 Å². The average Bonchev–Trinajstić information content (AvgIpc) is 3.54. The number of nitrogens with one attached hydrogen (secondary N) is 1. The number of fused-ring (bicyclic) bond motifs is 1. The van der Waals surface area contributed by atoms with Gasteiger partial charge in [-0.25, -0.2) is 0 Å². The molecule has 1 N–H and O–H groups in total. The van der Waals surface area contributed by atoms with Crippen LogP contribution in [0.2, 0.25) is 0 Å². The first kappa shape index (κ1) is 16.6. The molecule has 5 nitrogen and oxygen atoms in total. The number of hydrogen-bond acceptors (Lipinski definition) is 3. The Hall–Kier alpha value is -1.91. The highest BCUT2D eigenvalue weighted by Gasteiger charge is 2.53. The summed E-state index contributed by atoms with van der Waals surface area (Å²) in [5.74, 6) is 3.62. The van der Waals surface area contributed by atoms with Crippen LogP contribution in [0.5, 0.6) is 11.5 Å². The molecule has 3 aliphatic rings. The Kier molecular flexibility index (Phi) is 4.26. The van der Waals surface area contributed by atoms with Gasteiger partial charge in [0.1, 0.15) is 0 Å². The van der Waals surface area contributed by atoms with Crippen LogP contribution in [0, 0.1) is 11.3 Å². The first-order valence-corrected chi connectivity index (χ1v) is 9.38. The molecule has 2 fully saturated rings. The van der Waals surface area contributed by atoms with Gasteiger partial charge in [-0.15, -0.1) is 0 Å². The van der Waals surface area contributed by atoms with Crippen LogP contribution in [0.25, 0.3) is 0 Å². The van der Waals surface area contributed by atoms with Gasteiger partial charge < -0.3 is 19.7 Å². The first-order chi connectivity index (χ1) is 12.2. The molecular formula is C20H29N3O2. The summed E-state index contributed by atoms with van der Waals surface area (Å²) in [7, 11) is 5.28. The molecule has 0 unspecified atom stereocenters. The third-order valence-corrected chi connectivity index (χ3v) is 6.16. The van der Waals surface area contributed by atoms with Crippen molar-refractivity contribution in [2.24, 2.45) is 16.3 Å². The lowest BCUT2D eigenvalue weighted by Gasteiger charge is -2.33. The molecule has 0 saturated heterocycles. The van der Waals surface area contributed by atoms with Crippen LogP contribution in [0.1, 0.15) is 36.8 Å². The molecule has 25 heavy (non-hydrogen) atoms. The zero-order chi connectivity index (χ0) is 17.4. The van der Waals surface area contributed by atoms with Crippen molar-refractivity contribution >= 4 is 5.96 Å². The predicted molar refractivity (Wildman–Crippen MR) is 99.4 cm³/mol. The van der Waals surface area contributed by atoms with Crippen molar-refractivity contribution in [1.82, 2.24) is 10.2 Å². The van der Waals surface area contributed by atoms with Gasteiger partial charge in [-0.1, -0.05) is 0 Å². The smallest absolute Gasteiger partial charge is 0.193 e. The van der Waals surface area contributed by atoms with E-state index in [4.69, 9.17) is 9.47 Å². The molecular weight excluding hydrogens is 314 g/mol. The Labute approximate surface area is 150 Å². The number of rotatable bonds is 5. The van der Waals surface area contributed by atoms with E-state index in [1.807, 2.05) is 7.05 Å². The maximum atomic E-state index is 5.47. The molecule has 0 atom stereocenters. The van der Waals surface area contributed by atoms with Crippen molar-refractivity contribution in [3.63, 3.8) is 0 Å². The minimum Gasteiger partial charge on any atom is -0.493 e. The van der Waals surface area contributed by atoms with E-state index in [2.05, 4.69) is 27.3 Å². The van der Waals surface area contributed by atoms with Crippen molar-refractivity contribution in [2.75, 3.05) is 34.4 Å². The van der Waals surface area contributed by atoms with Crippen molar-refractivity contribution in [3.8, 4) is 11.5 Å². The fraction of sp³-hybridized carbons (Fsp3) is 0.650. The Morgan fingerprint density at radius 1 is 1.20 bits per heavy atom. The van der Waals surface area contributed by atoms with Crippen LogP contribution in [0.15, 0.2) is 17.1 Å². The zero-order valence-electron chi connectivity index (χ0n) is 15.6. The van der Waals surface area contributed by atoms with Gasteiger partial charge in [0, 0.05) is 26.7 Å². The van der Waals surface area contributed by atoms with E-state index in [0.717, 1.165) is 49.4 Å². The summed E-state index contributed by atoms with van der Waals surface area (Å²) < 4.78 is 10.9. The molecule has 136 valence electrons. The summed E-state index contributed by atoms with van der Waals surface area (Å²) in [5.41, 5.74) is 3.23. The quantitative estimate of drug-likeness (QED) is 0.660. The van der Waals surface area contributed by atoms with E-state index >= 15 is 0 Å². The molecule has 1 aromatic carbocycles. The van der Waals surface area contributed by atoms with Crippen LogP contribution in [-0.2, 0) is 13.0 Å². The normalized spacial score (nSPS) is 21.6. The van der Waals surface area contributed by atoms with Crippen LogP contribution in [0.4, 0.5) is 0 Å². The number of methoxy groups -OCH3 is 2. The maximum Gasteiger partial charge on any atom is 0.193 e. The van der Waals surface area contributed by atoms with Crippen LogP contribution < -0.4 is 14.8 Å². The molecule has 0 aromatic heterocycles. The molecule has 0 amide bonds. The minimum absolute atomic E-state index is 0.584. The lowest BCUT2D eigenvalue weighted by atomic mass is 9.98. The monoisotopic (exact) mass is 343 g/mol. The predicted octanol–water partition coefficient (Wildman–Crippen LogP) is 2.83. The summed E-state index contributed by atoms with van der Waals surface area (Å²) in [4.78, 5) is 6.91. The average molecular weight is 343 g/mol. The fourth-order valence-corrected chi connectivity index (χ4v) is 4.24. The van der Waals surface area contributed by atoms with Crippen LogP contribution in [-0.4, -0.2) is 45.2 Å². The number of aliphatic imine (C=N–C) groups is 1. The molecule has 0 bridgehead atoms. The van der Waals surface area contributed by atoms with E-state index in [9.17, 15) is 0 Å². The molecule has 1 heterocycles. The SMILES string of the molecule is CN=C(NCC1(C2CC2)CC1)N1CCc2cc(OC)c(OC)cc2C1. The minimum atomic E-state index is 0.584. The fourth-order valence-electron chi connectivity index (χ4n) is 4.24. The molecule has 0 spiro atoms. The molecule has 2 aliphatic carbocycles. The molecule has 2 saturated carbocycles. The molecule has 4 rings (SSSR count). The third kappa shape index (κ3) is 3.16. The van der Waals surface area contributed by atoms with Crippen molar-refractivity contribution in [2.45, 2.75) is 38.6 Å². The number of ether oxygens (including phenoxy) is 2. The molecule has 1 aliphatic heterocycles. The van der Waals surface area contributed by atoms with E-state index in [0.29, 0.717) is 5.41 Å². The van der Waals surface area contributed by atoms with Gasteiger partial charge >= 0.3 is 0 Å². The van der Waals surface area contributed by atoms with Gasteiger partial charge in [-0.05, 0) is 66.7 Å². The Balaban J connectivity index is 1.45. The largest absolute Gasteiger partial charge is 0.493 e. The highest BCUT2D eigenvalue weighted by Crippen LogP contribution is 2.60. The lowest BCUT2D eigenvalue weighted by Crippen LogP contribution is -2.45. The van der Waals surface area contributed by atoms with Crippen molar-refractivity contribution in [1.29, 1.82) is 0 Å². The highest BCUT2D eigenvalue weighted by molar-refractivity contribution is 5.80. The standard InChI is InChI=1S/C20H29N3O2/c1-21-19(22-13-20(7-8-20)16-4-5-16)23-9-6-14-10-17(24-2)18(25-3)11-15(14)12-23/h10-11,16H,4-9,12-13H2,1-3H3,(H,21,22). The summed E-state index contributed by atoms with van der Waals surface area (Å²) in [6.07, 6.45) is 6.64. The second-order valence-corrected chi connectivity index (χ2v) is 7.68. The van der Waals surface area contributed by atoms with Gasteiger partial charge in [0.05, 0.1) is 14.2 Å². The third-order valence-electron chi connectivity index (χ3n) is 6.16. The second kappa shape index (κ2) is 6.43. The van der Waals surface area contributed by atoms with Crippen molar-refractivity contribution < 1.29 is 9.47 Å². The number of benzene rings is 1. The lowest BCUT2D eigenvalue weighted by molar-refractivity contribution is 0.343. The number of guanidine groups is 1. The molecule has 5 heteroatoms. The Morgan fingerprint density at radius 2 is 1.88 bits per heavy atom. The number of hydrogen-bond donors (Lipinski definition) is 1. The van der Waals surface area contributed by atoms with Gasteiger partial charge in [0.15, 0.2) is 17.5 Å². The molecule has 0 radical (unpaired) electrons. The van der Waals surface area contributed by atoms with Crippen LogP contribution in [0.3, 0.4) is 0 Å². The number of nitrogens with zero attached hydrogens (tertiary/aromatic N) is 2. The Morgan fingerprint density at radius 3 is 2.44 bits per heavy atom. The van der Waals surface area contributed by atoms with Gasteiger partial charge in [0.2, 0.25) is 0 Å². The second-order valence-electron chi connectivity index (χ2n) is 7.68. The van der Waals surface area contributed by atoms with Crippen molar-refractivity contribution in [3.05, 3.63) is 23.3 Å². The summed E-state index contributed by atoms with van der Waals surface area (Å²) in [6.45, 7) is 2.93. The van der Waals surface area contributed by atoms with E-state index in [-0.39, 0.29) is 0 Å². The van der Waals surface area contributed by atoms with E-state index < -0.39 is 0 Å².